The number of amides is 1. The highest BCUT2D eigenvalue weighted by atomic mass is 79.9. The Kier molecular flexibility index (Phi) is 6.89. The van der Waals surface area contributed by atoms with Gasteiger partial charge in [0.1, 0.15) is 0 Å². The molecule has 0 atom stereocenters. The Morgan fingerprint density at radius 3 is 2.61 bits per heavy atom. The van der Waals surface area contributed by atoms with E-state index in [1.807, 2.05) is 0 Å². The van der Waals surface area contributed by atoms with E-state index in [2.05, 4.69) is 44.7 Å². The molecule has 4 nitrogen and oxygen atoms in total. The van der Waals surface area contributed by atoms with Crippen molar-refractivity contribution >= 4 is 21.8 Å². The van der Waals surface area contributed by atoms with Crippen molar-refractivity contribution < 1.29 is 4.79 Å². The molecule has 18 heavy (non-hydrogen) atoms. The molecular weight excluding hydrogens is 294 g/mol. The summed E-state index contributed by atoms with van der Waals surface area (Å²) >= 11 is 3.40. The van der Waals surface area contributed by atoms with Gasteiger partial charge in [-0.15, -0.1) is 0 Å². The van der Waals surface area contributed by atoms with Crippen LogP contribution in [0.2, 0.25) is 0 Å². The second-order valence-electron chi connectivity index (χ2n) is 5.11. The quantitative estimate of drug-likeness (QED) is 0.801. The van der Waals surface area contributed by atoms with Crippen LogP contribution in [-0.2, 0) is 4.79 Å². The van der Waals surface area contributed by atoms with Crippen molar-refractivity contribution in [3.8, 4) is 0 Å². The van der Waals surface area contributed by atoms with Crippen molar-refractivity contribution in [2.45, 2.75) is 12.8 Å². The van der Waals surface area contributed by atoms with Crippen LogP contribution in [0.5, 0.6) is 0 Å². The van der Waals surface area contributed by atoms with Gasteiger partial charge in [-0.1, -0.05) is 22.5 Å². The average molecular weight is 318 g/mol. The SMILES string of the molecule is C=C(Br)CN(C)CC1CCN(CC(=O)NC)CC1. The smallest absolute Gasteiger partial charge is 0.233 e. The van der Waals surface area contributed by atoms with Crippen LogP contribution in [0.15, 0.2) is 11.1 Å². The van der Waals surface area contributed by atoms with E-state index < -0.39 is 0 Å². The van der Waals surface area contributed by atoms with Gasteiger partial charge in [0, 0.05) is 24.6 Å². The first-order valence-electron chi connectivity index (χ1n) is 6.46. The minimum Gasteiger partial charge on any atom is -0.358 e. The topological polar surface area (TPSA) is 35.6 Å². The van der Waals surface area contributed by atoms with Gasteiger partial charge in [-0.25, -0.2) is 0 Å². The van der Waals surface area contributed by atoms with Gasteiger partial charge in [-0.05, 0) is 38.9 Å². The number of piperidine rings is 1. The summed E-state index contributed by atoms with van der Waals surface area (Å²) < 4.78 is 1.03. The van der Waals surface area contributed by atoms with Crippen molar-refractivity contribution in [2.75, 3.05) is 46.8 Å². The molecule has 1 heterocycles. The number of nitrogens with one attached hydrogen (secondary N) is 1. The fraction of sp³-hybridized carbons (Fsp3) is 0.769. The molecule has 0 saturated carbocycles. The van der Waals surface area contributed by atoms with Crippen molar-refractivity contribution in [1.29, 1.82) is 0 Å². The molecule has 1 saturated heterocycles. The molecule has 0 bridgehead atoms. The lowest BCUT2D eigenvalue weighted by Gasteiger charge is -2.33. The lowest BCUT2D eigenvalue weighted by molar-refractivity contribution is -0.122. The molecule has 1 aliphatic rings. The van der Waals surface area contributed by atoms with Crippen molar-refractivity contribution in [2.24, 2.45) is 5.92 Å². The number of carbonyl (C=O) groups excluding carboxylic acids is 1. The standard InChI is InChI=1S/C13H24BrN3O/c1-11(14)8-16(3)9-12-4-6-17(7-5-12)10-13(18)15-2/h12H,1,4-10H2,2-3H3,(H,15,18). The van der Waals surface area contributed by atoms with E-state index in [0.29, 0.717) is 6.54 Å². The zero-order chi connectivity index (χ0) is 13.5. The van der Waals surface area contributed by atoms with Gasteiger partial charge in [0.15, 0.2) is 0 Å². The molecule has 0 unspecified atom stereocenters. The Hall–Kier alpha value is -0.390. The summed E-state index contributed by atoms with van der Waals surface area (Å²) in [7, 11) is 3.82. The average Bonchev–Trinajstić information content (AvgIpc) is 2.30. The highest BCUT2D eigenvalue weighted by Crippen LogP contribution is 2.18. The van der Waals surface area contributed by atoms with Gasteiger partial charge >= 0.3 is 0 Å². The molecule has 0 radical (unpaired) electrons. The molecule has 0 spiro atoms. The molecule has 1 aliphatic heterocycles. The molecule has 0 aliphatic carbocycles. The highest BCUT2D eigenvalue weighted by molar-refractivity contribution is 9.11. The van der Waals surface area contributed by atoms with E-state index in [-0.39, 0.29) is 5.91 Å². The lowest BCUT2D eigenvalue weighted by Crippen LogP contribution is -2.42. The summed E-state index contributed by atoms with van der Waals surface area (Å²) in [6, 6.07) is 0. The lowest BCUT2D eigenvalue weighted by atomic mass is 9.96. The maximum atomic E-state index is 11.3. The molecule has 1 rings (SSSR count). The predicted molar refractivity (Wildman–Crippen MR) is 78.8 cm³/mol. The third-order valence-electron chi connectivity index (χ3n) is 3.36. The zero-order valence-electron chi connectivity index (χ0n) is 11.4. The summed E-state index contributed by atoms with van der Waals surface area (Å²) in [6.07, 6.45) is 2.35. The number of hydrogen-bond donors (Lipinski definition) is 1. The Morgan fingerprint density at radius 1 is 1.50 bits per heavy atom. The van der Waals surface area contributed by atoms with Gasteiger partial charge in [0.2, 0.25) is 5.91 Å². The van der Waals surface area contributed by atoms with Crippen LogP contribution in [0.3, 0.4) is 0 Å². The van der Waals surface area contributed by atoms with Crippen LogP contribution in [0.25, 0.3) is 0 Å². The third kappa shape index (κ3) is 5.98. The van der Waals surface area contributed by atoms with E-state index >= 15 is 0 Å². The van der Waals surface area contributed by atoms with Crippen LogP contribution in [-0.4, -0.2) is 62.5 Å². The Morgan fingerprint density at radius 2 is 2.11 bits per heavy atom. The van der Waals surface area contributed by atoms with Gasteiger partial charge in [0.25, 0.3) is 0 Å². The molecule has 0 aromatic heterocycles. The van der Waals surface area contributed by atoms with Gasteiger partial charge in [-0.3, -0.25) is 9.69 Å². The van der Waals surface area contributed by atoms with Gasteiger partial charge < -0.3 is 10.2 Å². The Bertz CT molecular complexity index is 288. The molecule has 1 fully saturated rings. The number of hydrogen-bond acceptors (Lipinski definition) is 3. The van der Waals surface area contributed by atoms with Gasteiger partial charge in [-0.2, -0.15) is 0 Å². The summed E-state index contributed by atoms with van der Waals surface area (Å²) in [4.78, 5) is 15.8. The van der Waals surface area contributed by atoms with Crippen LogP contribution in [0, 0.1) is 5.92 Å². The normalized spacial score (nSPS) is 18.0. The van der Waals surface area contributed by atoms with Gasteiger partial charge in [0.05, 0.1) is 6.54 Å². The molecule has 0 aromatic carbocycles. The minimum atomic E-state index is 0.112. The summed E-state index contributed by atoms with van der Waals surface area (Å²) in [6.45, 7) is 8.47. The number of nitrogens with zero attached hydrogens (tertiary/aromatic N) is 2. The third-order valence-corrected chi connectivity index (χ3v) is 3.62. The van der Waals surface area contributed by atoms with Crippen molar-refractivity contribution in [3.63, 3.8) is 0 Å². The number of likely N-dealkylation sites (N-methyl/N-ethyl adjacent to an activating group) is 2. The monoisotopic (exact) mass is 317 g/mol. The van der Waals surface area contributed by atoms with E-state index in [1.165, 1.54) is 12.8 Å². The highest BCUT2D eigenvalue weighted by Gasteiger charge is 2.21. The summed E-state index contributed by atoms with van der Waals surface area (Å²) in [5, 5.41) is 2.67. The summed E-state index contributed by atoms with van der Waals surface area (Å²) in [5.41, 5.74) is 0. The van der Waals surface area contributed by atoms with Crippen LogP contribution in [0.4, 0.5) is 0 Å². The minimum absolute atomic E-state index is 0.112. The zero-order valence-corrected chi connectivity index (χ0v) is 13.0. The molecule has 1 N–H and O–H groups in total. The van der Waals surface area contributed by atoms with E-state index in [1.54, 1.807) is 7.05 Å². The Labute approximate surface area is 119 Å². The van der Waals surface area contributed by atoms with Crippen LogP contribution in [0.1, 0.15) is 12.8 Å². The molecular formula is C13H24BrN3O. The fourth-order valence-corrected chi connectivity index (χ4v) is 2.84. The maximum absolute atomic E-state index is 11.3. The maximum Gasteiger partial charge on any atom is 0.233 e. The fourth-order valence-electron chi connectivity index (χ4n) is 2.41. The number of carbonyl (C=O) groups is 1. The molecule has 1 amide bonds. The van der Waals surface area contributed by atoms with Crippen molar-refractivity contribution in [1.82, 2.24) is 15.1 Å². The van der Waals surface area contributed by atoms with E-state index in [0.717, 1.165) is 36.6 Å². The number of halogens is 1. The second-order valence-corrected chi connectivity index (χ2v) is 6.23. The van der Waals surface area contributed by atoms with Crippen LogP contribution < -0.4 is 5.32 Å². The first-order valence-corrected chi connectivity index (χ1v) is 7.25. The number of rotatable bonds is 6. The van der Waals surface area contributed by atoms with E-state index in [4.69, 9.17) is 0 Å². The Balaban J connectivity index is 2.22. The van der Waals surface area contributed by atoms with Crippen molar-refractivity contribution in [3.05, 3.63) is 11.1 Å². The first-order chi connectivity index (χ1) is 8.51. The number of likely N-dealkylation sites (tertiary alicyclic amines) is 1. The molecule has 0 aromatic rings. The summed E-state index contributed by atoms with van der Waals surface area (Å²) in [5.74, 6) is 0.851. The first kappa shape index (κ1) is 15.7. The molecule has 104 valence electrons. The second kappa shape index (κ2) is 7.92. The van der Waals surface area contributed by atoms with Crippen LogP contribution >= 0.6 is 15.9 Å². The largest absolute Gasteiger partial charge is 0.358 e. The molecule has 5 heteroatoms. The predicted octanol–water partition coefficient (Wildman–Crippen LogP) is 1.28. The van der Waals surface area contributed by atoms with E-state index in [9.17, 15) is 4.79 Å².